The number of rotatable bonds is 5. The van der Waals surface area contributed by atoms with E-state index in [0.29, 0.717) is 25.5 Å². The fraction of sp³-hybridized carbons (Fsp3) is 0.714. The lowest BCUT2D eigenvalue weighted by molar-refractivity contribution is -0.0149. The van der Waals surface area contributed by atoms with Gasteiger partial charge >= 0.3 is 0 Å². The van der Waals surface area contributed by atoms with Crippen LogP contribution in [0.4, 0.5) is 0 Å². The second-order valence-electron chi connectivity index (χ2n) is 5.58. The fourth-order valence-electron chi connectivity index (χ4n) is 2.41. The average Bonchev–Trinajstić information content (AvgIpc) is 3.03. The van der Waals surface area contributed by atoms with Crippen LogP contribution in [-0.2, 0) is 9.47 Å². The number of ether oxygens (including phenoxy) is 2. The van der Waals surface area contributed by atoms with Crippen molar-refractivity contribution in [1.82, 2.24) is 15.1 Å². The molecule has 0 spiro atoms. The highest BCUT2D eigenvalue weighted by molar-refractivity contribution is 5.92. The second kappa shape index (κ2) is 5.93. The molecule has 0 bridgehead atoms. The van der Waals surface area contributed by atoms with E-state index in [4.69, 9.17) is 9.47 Å². The van der Waals surface area contributed by atoms with Gasteiger partial charge < -0.3 is 14.8 Å². The highest BCUT2D eigenvalue weighted by atomic mass is 16.5. The number of hydrogen-bond donors (Lipinski definition) is 1. The minimum atomic E-state index is -0.398. The van der Waals surface area contributed by atoms with E-state index in [-0.39, 0.29) is 11.9 Å². The van der Waals surface area contributed by atoms with Gasteiger partial charge in [0.1, 0.15) is 11.3 Å². The summed E-state index contributed by atoms with van der Waals surface area (Å²) in [5.41, 5.74) is 1.03. The maximum absolute atomic E-state index is 12.2. The zero-order chi connectivity index (χ0) is 14.8. The van der Waals surface area contributed by atoms with Crippen LogP contribution in [0.1, 0.15) is 42.5 Å². The summed E-state index contributed by atoms with van der Waals surface area (Å²) in [4.78, 5) is 12.2. The molecule has 1 aromatic heterocycles. The van der Waals surface area contributed by atoms with Crippen LogP contribution in [0.2, 0.25) is 0 Å². The van der Waals surface area contributed by atoms with Crippen LogP contribution in [-0.4, -0.2) is 48.2 Å². The number of aryl methyl sites for hydroxylation is 1. The molecule has 20 heavy (non-hydrogen) atoms. The normalized spacial score (nSPS) is 22.4. The molecule has 6 heteroatoms. The van der Waals surface area contributed by atoms with Gasteiger partial charge in [-0.25, -0.2) is 0 Å². The molecule has 1 N–H and O–H groups in total. The Balaban J connectivity index is 2.00. The molecule has 1 saturated heterocycles. The highest BCUT2D eigenvalue weighted by Crippen LogP contribution is 2.21. The van der Waals surface area contributed by atoms with Gasteiger partial charge in [-0.1, -0.05) is 0 Å². The zero-order valence-electron chi connectivity index (χ0n) is 12.6. The van der Waals surface area contributed by atoms with Gasteiger partial charge in [-0.15, -0.1) is 0 Å². The SMILES string of the molecule is COC1(CNC(=O)c2cc(C)n(C(C)C)n2)CCOC1. The minimum absolute atomic E-state index is 0.171. The molecule has 2 heterocycles. The van der Waals surface area contributed by atoms with Gasteiger partial charge in [0.15, 0.2) is 0 Å². The lowest BCUT2D eigenvalue weighted by Gasteiger charge is -2.25. The Kier molecular flexibility index (Phi) is 4.45. The van der Waals surface area contributed by atoms with Crippen molar-refractivity contribution in [2.24, 2.45) is 0 Å². The Labute approximate surface area is 119 Å². The summed E-state index contributed by atoms with van der Waals surface area (Å²) >= 11 is 0. The van der Waals surface area contributed by atoms with Gasteiger partial charge in [0, 0.05) is 38.4 Å². The van der Waals surface area contributed by atoms with Crippen molar-refractivity contribution in [2.75, 3.05) is 26.9 Å². The number of amides is 1. The van der Waals surface area contributed by atoms with E-state index in [1.165, 1.54) is 0 Å². The van der Waals surface area contributed by atoms with Crippen molar-refractivity contribution in [3.8, 4) is 0 Å². The number of carbonyl (C=O) groups is 1. The van der Waals surface area contributed by atoms with E-state index >= 15 is 0 Å². The van der Waals surface area contributed by atoms with Crippen LogP contribution in [0.25, 0.3) is 0 Å². The van der Waals surface area contributed by atoms with Gasteiger partial charge in [-0.3, -0.25) is 9.48 Å². The van der Waals surface area contributed by atoms with Crippen molar-refractivity contribution in [2.45, 2.75) is 38.8 Å². The molecule has 0 aliphatic carbocycles. The van der Waals surface area contributed by atoms with Gasteiger partial charge in [0.2, 0.25) is 0 Å². The first-order chi connectivity index (χ1) is 9.47. The third kappa shape index (κ3) is 3.02. The molecule has 112 valence electrons. The molecule has 0 saturated carbocycles. The van der Waals surface area contributed by atoms with Gasteiger partial charge in [-0.2, -0.15) is 5.10 Å². The van der Waals surface area contributed by atoms with E-state index < -0.39 is 5.60 Å². The topological polar surface area (TPSA) is 65.4 Å². The van der Waals surface area contributed by atoms with E-state index in [0.717, 1.165) is 12.1 Å². The van der Waals surface area contributed by atoms with E-state index in [9.17, 15) is 4.79 Å². The predicted molar refractivity (Wildman–Crippen MR) is 74.9 cm³/mol. The summed E-state index contributed by atoms with van der Waals surface area (Å²) in [7, 11) is 1.65. The Morgan fingerprint density at radius 3 is 2.90 bits per heavy atom. The predicted octanol–water partition coefficient (Wildman–Crippen LogP) is 1.31. The van der Waals surface area contributed by atoms with Crippen LogP contribution in [0.15, 0.2) is 6.07 Å². The quantitative estimate of drug-likeness (QED) is 0.883. The molecule has 0 radical (unpaired) electrons. The number of aromatic nitrogens is 2. The summed E-state index contributed by atoms with van der Waals surface area (Å²) in [6.07, 6.45) is 0.795. The van der Waals surface area contributed by atoms with E-state index in [2.05, 4.69) is 10.4 Å². The van der Waals surface area contributed by atoms with Crippen LogP contribution in [0.3, 0.4) is 0 Å². The molecule has 0 aromatic carbocycles. The molecule has 6 nitrogen and oxygen atoms in total. The van der Waals surface area contributed by atoms with Crippen molar-refractivity contribution >= 4 is 5.91 Å². The average molecular weight is 281 g/mol. The maximum atomic E-state index is 12.2. The molecule has 1 unspecified atom stereocenters. The summed E-state index contributed by atoms with van der Waals surface area (Å²) < 4.78 is 12.7. The standard InChI is InChI=1S/C14H23N3O3/c1-10(2)17-11(3)7-12(16-17)13(18)15-8-14(19-4)5-6-20-9-14/h7,10H,5-6,8-9H2,1-4H3,(H,15,18). The molecule has 1 amide bonds. The summed E-state index contributed by atoms with van der Waals surface area (Å²) in [6.45, 7) is 7.66. The second-order valence-corrected chi connectivity index (χ2v) is 5.58. The maximum Gasteiger partial charge on any atom is 0.271 e. The third-order valence-electron chi connectivity index (χ3n) is 3.72. The third-order valence-corrected chi connectivity index (χ3v) is 3.72. The summed E-state index contributed by atoms with van der Waals surface area (Å²) in [6, 6.07) is 2.05. The molecule has 2 rings (SSSR count). The van der Waals surface area contributed by atoms with Crippen LogP contribution in [0.5, 0.6) is 0 Å². The first-order valence-electron chi connectivity index (χ1n) is 6.95. The zero-order valence-corrected chi connectivity index (χ0v) is 12.6. The lowest BCUT2D eigenvalue weighted by Crippen LogP contribution is -2.45. The Hall–Kier alpha value is -1.40. The van der Waals surface area contributed by atoms with Crippen LogP contribution >= 0.6 is 0 Å². The molecule has 1 fully saturated rings. The van der Waals surface area contributed by atoms with Crippen LogP contribution in [0, 0.1) is 6.92 Å². The van der Waals surface area contributed by atoms with Crippen LogP contribution < -0.4 is 5.32 Å². The molecular weight excluding hydrogens is 258 g/mol. The summed E-state index contributed by atoms with van der Waals surface area (Å²) in [5.74, 6) is -0.171. The Bertz CT molecular complexity index is 476. The Morgan fingerprint density at radius 2 is 2.40 bits per heavy atom. The van der Waals surface area contributed by atoms with Gasteiger partial charge in [0.05, 0.1) is 6.61 Å². The molecule has 1 atom stereocenters. The largest absolute Gasteiger partial charge is 0.378 e. The van der Waals surface area contributed by atoms with E-state index in [1.54, 1.807) is 13.2 Å². The number of methoxy groups -OCH3 is 1. The molecule has 1 aromatic rings. The first-order valence-corrected chi connectivity index (χ1v) is 6.95. The van der Waals surface area contributed by atoms with Crippen molar-refractivity contribution in [1.29, 1.82) is 0 Å². The molecular formula is C14H23N3O3. The minimum Gasteiger partial charge on any atom is -0.378 e. The van der Waals surface area contributed by atoms with Crippen molar-refractivity contribution in [3.05, 3.63) is 17.5 Å². The number of nitrogens with zero attached hydrogens (tertiary/aromatic N) is 2. The number of nitrogens with one attached hydrogen (secondary N) is 1. The number of carbonyl (C=O) groups excluding carboxylic acids is 1. The molecule has 1 aliphatic heterocycles. The lowest BCUT2D eigenvalue weighted by atomic mass is 10.0. The van der Waals surface area contributed by atoms with Gasteiger partial charge in [0.25, 0.3) is 5.91 Å². The van der Waals surface area contributed by atoms with Gasteiger partial charge in [-0.05, 0) is 26.8 Å². The summed E-state index contributed by atoms with van der Waals surface area (Å²) in [5, 5.41) is 7.23. The van der Waals surface area contributed by atoms with E-state index in [1.807, 2.05) is 25.5 Å². The monoisotopic (exact) mass is 281 g/mol. The molecule has 1 aliphatic rings. The fourth-order valence-corrected chi connectivity index (χ4v) is 2.41. The Morgan fingerprint density at radius 1 is 1.65 bits per heavy atom. The smallest absolute Gasteiger partial charge is 0.271 e. The van der Waals surface area contributed by atoms with Crippen molar-refractivity contribution < 1.29 is 14.3 Å². The number of hydrogen-bond acceptors (Lipinski definition) is 4. The van der Waals surface area contributed by atoms with Crippen molar-refractivity contribution in [3.63, 3.8) is 0 Å². The first kappa shape index (κ1) is 15.0. The highest BCUT2D eigenvalue weighted by Gasteiger charge is 2.35.